The number of carbonyl (C=O) groups is 1. The lowest BCUT2D eigenvalue weighted by Crippen LogP contribution is -2.20. The molecule has 4 nitrogen and oxygen atoms in total. The molecule has 0 saturated heterocycles. The molecule has 1 heterocycles. The number of aliphatic hydroxyl groups excluding tert-OH is 1. The van der Waals surface area contributed by atoms with Crippen molar-refractivity contribution in [2.24, 2.45) is 5.92 Å². The highest BCUT2D eigenvalue weighted by Crippen LogP contribution is 2.35. The van der Waals surface area contributed by atoms with Gasteiger partial charge in [0.25, 0.3) is 0 Å². The van der Waals surface area contributed by atoms with E-state index >= 15 is 0 Å². The van der Waals surface area contributed by atoms with Crippen LogP contribution in [0, 0.1) is 12.8 Å². The minimum atomic E-state index is -1.10. The Balaban J connectivity index is 2.36. The van der Waals surface area contributed by atoms with Gasteiger partial charge in [0.1, 0.15) is 19.3 Å². The molecule has 1 unspecified atom stereocenters. The first kappa shape index (κ1) is 12.9. The van der Waals surface area contributed by atoms with Gasteiger partial charge >= 0.3 is 0 Å². The highest BCUT2D eigenvalue weighted by atomic mass is 16.6. The van der Waals surface area contributed by atoms with Crippen LogP contribution in [0.3, 0.4) is 0 Å². The summed E-state index contributed by atoms with van der Waals surface area (Å²) in [5, 5.41) is 10.1. The molecule has 1 atom stereocenters. The van der Waals surface area contributed by atoms with E-state index in [-0.39, 0.29) is 11.7 Å². The molecule has 0 aromatic heterocycles. The van der Waals surface area contributed by atoms with Gasteiger partial charge in [0.05, 0.1) is 0 Å². The lowest BCUT2D eigenvalue weighted by molar-refractivity contribution is -0.130. The van der Waals surface area contributed by atoms with Crippen molar-refractivity contribution in [1.29, 1.82) is 0 Å². The number of hydrogen-bond acceptors (Lipinski definition) is 4. The van der Waals surface area contributed by atoms with Crippen LogP contribution in [-0.4, -0.2) is 24.1 Å². The first-order valence-corrected chi connectivity index (χ1v) is 6.12. The summed E-state index contributed by atoms with van der Waals surface area (Å²) in [6.07, 6.45) is -1.10. The van der Waals surface area contributed by atoms with Crippen molar-refractivity contribution >= 4 is 5.78 Å². The van der Waals surface area contributed by atoms with Gasteiger partial charge in [-0.15, -0.1) is 0 Å². The van der Waals surface area contributed by atoms with Gasteiger partial charge in [-0.1, -0.05) is 13.8 Å². The maximum atomic E-state index is 11.8. The molecule has 0 fully saturated rings. The van der Waals surface area contributed by atoms with E-state index in [4.69, 9.17) is 9.47 Å². The Hall–Kier alpha value is -1.55. The Morgan fingerprint density at radius 2 is 1.78 bits per heavy atom. The van der Waals surface area contributed by atoms with Crippen LogP contribution in [0.15, 0.2) is 12.1 Å². The Labute approximate surface area is 107 Å². The van der Waals surface area contributed by atoms with Crippen LogP contribution in [0.1, 0.15) is 31.1 Å². The van der Waals surface area contributed by atoms with Gasteiger partial charge in [-0.25, -0.2) is 0 Å². The molecule has 1 aliphatic rings. The van der Waals surface area contributed by atoms with E-state index in [2.05, 4.69) is 0 Å². The number of ether oxygens (including phenoxy) is 2. The van der Waals surface area contributed by atoms with Gasteiger partial charge < -0.3 is 14.6 Å². The van der Waals surface area contributed by atoms with E-state index in [1.807, 2.05) is 6.92 Å². The van der Waals surface area contributed by atoms with Crippen LogP contribution in [0.4, 0.5) is 0 Å². The largest absolute Gasteiger partial charge is 0.486 e. The highest BCUT2D eigenvalue weighted by Gasteiger charge is 2.24. The van der Waals surface area contributed by atoms with Crippen molar-refractivity contribution < 1.29 is 19.4 Å². The van der Waals surface area contributed by atoms with Gasteiger partial charge in [-0.2, -0.15) is 0 Å². The second kappa shape index (κ2) is 4.98. The molecule has 0 spiro atoms. The minimum Gasteiger partial charge on any atom is -0.486 e. The number of rotatable bonds is 3. The molecule has 18 heavy (non-hydrogen) atoms. The van der Waals surface area contributed by atoms with E-state index in [0.29, 0.717) is 30.3 Å². The van der Waals surface area contributed by atoms with Crippen LogP contribution in [0.25, 0.3) is 0 Å². The Morgan fingerprint density at radius 1 is 1.22 bits per heavy atom. The molecule has 1 aliphatic heterocycles. The maximum Gasteiger partial charge on any atom is 0.168 e. The molecular formula is C14H18O4. The topological polar surface area (TPSA) is 55.8 Å². The molecule has 1 aromatic rings. The fraction of sp³-hybridized carbons (Fsp3) is 0.500. The summed E-state index contributed by atoms with van der Waals surface area (Å²) in [5.41, 5.74) is 1.43. The second-order valence-electron chi connectivity index (χ2n) is 4.81. The zero-order valence-electron chi connectivity index (χ0n) is 10.9. The number of aryl methyl sites for hydroxylation is 1. The standard InChI is InChI=1S/C14H18O4/c1-8(2)13(15)14(16)10-7-12-11(6-9(10)3)17-4-5-18-12/h6-8,14,16H,4-5H2,1-3H3. The lowest BCUT2D eigenvalue weighted by atomic mass is 9.94. The quantitative estimate of drug-likeness (QED) is 0.891. The van der Waals surface area contributed by atoms with Gasteiger partial charge in [-0.3, -0.25) is 4.79 Å². The summed E-state index contributed by atoms with van der Waals surface area (Å²) in [6, 6.07) is 3.51. The fourth-order valence-corrected chi connectivity index (χ4v) is 1.97. The molecule has 1 N–H and O–H groups in total. The molecule has 0 saturated carbocycles. The number of carbonyl (C=O) groups excluding carboxylic acids is 1. The number of hydrogen-bond donors (Lipinski definition) is 1. The molecular weight excluding hydrogens is 232 g/mol. The molecule has 0 amide bonds. The number of aliphatic hydroxyl groups is 1. The minimum absolute atomic E-state index is 0.185. The summed E-state index contributed by atoms with van der Waals surface area (Å²) in [6.45, 7) is 6.42. The summed E-state index contributed by atoms with van der Waals surface area (Å²) >= 11 is 0. The highest BCUT2D eigenvalue weighted by molar-refractivity contribution is 5.86. The summed E-state index contributed by atoms with van der Waals surface area (Å²) < 4.78 is 10.9. The van der Waals surface area contributed by atoms with E-state index in [9.17, 15) is 9.90 Å². The predicted molar refractivity (Wildman–Crippen MR) is 67.0 cm³/mol. The number of ketones is 1. The van der Waals surface area contributed by atoms with Crippen LogP contribution < -0.4 is 9.47 Å². The molecule has 98 valence electrons. The van der Waals surface area contributed by atoms with E-state index < -0.39 is 6.10 Å². The van der Waals surface area contributed by atoms with Crippen molar-refractivity contribution in [2.75, 3.05) is 13.2 Å². The smallest absolute Gasteiger partial charge is 0.168 e. The fourth-order valence-electron chi connectivity index (χ4n) is 1.97. The van der Waals surface area contributed by atoms with Gasteiger partial charge in [0.15, 0.2) is 17.3 Å². The molecule has 0 aliphatic carbocycles. The van der Waals surface area contributed by atoms with Crippen LogP contribution in [0.5, 0.6) is 11.5 Å². The van der Waals surface area contributed by atoms with E-state index in [0.717, 1.165) is 5.56 Å². The van der Waals surface area contributed by atoms with Crippen molar-refractivity contribution in [3.05, 3.63) is 23.3 Å². The molecule has 1 aromatic carbocycles. The first-order valence-electron chi connectivity index (χ1n) is 6.12. The van der Waals surface area contributed by atoms with E-state index in [1.54, 1.807) is 26.0 Å². The van der Waals surface area contributed by atoms with E-state index in [1.165, 1.54) is 0 Å². The third-order valence-corrected chi connectivity index (χ3v) is 3.06. The van der Waals surface area contributed by atoms with Crippen molar-refractivity contribution in [2.45, 2.75) is 26.9 Å². The third-order valence-electron chi connectivity index (χ3n) is 3.06. The molecule has 0 radical (unpaired) electrons. The maximum absolute atomic E-state index is 11.8. The van der Waals surface area contributed by atoms with Crippen molar-refractivity contribution in [3.63, 3.8) is 0 Å². The Morgan fingerprint density at radius 3 is 2.33 bits per heavy atom. The summed E-state index contributed by atoms with van der Waals surface area (Å²) in [5.74, 6) is 0.881. The monoisotopic (exact) mass is 250 g/mol. The molecule has 4 heteroatoms. The predicted octanol–water partition coefficient (Wildman–Crippen LogP) is 2.02. The zero-order chi connectivity index (χ0) is 13.3. The third kappa shape index (κ3) is 2.34. The zero-order valence-corrected chi connectivity index (χ0v) is 10.9. The van der Waals surface area contributed by atoms with Gasteiger partial charge in [0.2, 0.25) is 0 Å². The van der Waals surface area contributed by atoms with Gasteiger partial charge in [-0.05, 0) is 30.2 Å². The average molecular weight is 250 g/mol. The summed E-state index contributed by atoms with van der Waals surface area (Å²) in [4.78, 5) is 11.8. The Bertz CT molecular complexity index is 465. The SMILES string of the molecule is Cc1cc2c(cc1C(O)C(=O)C(C)C)OCCO2. The van der Waals surface area contributed by atoms with Crippen molar-refractivity contribution in [3.8, 4) is 11.5 Å². The number of fused-ring (bicyclic) bond motifs is 1. The molecule has 2 rings (SSSR count). The van der Waals surface area contributed by atoms with Crippen LogP contribution in [0.2, 0.25) is 0 Å². The average Bonchev–Trinajstić information content (AvgIpc) is 2.36. The van der Waals surface area contributed by atoms with Gasteiger partial charge in [0, 0.05) is 5.92 Å². The lowest BCUT2D eigenvalue weighted by Gasteiger charge is -2.22. The normalized spacial score (nSPS) is 15.6. The van der Waals surface area contributed by atoms with Crippen LogP contribution >= 0.6 is 0 Å². The van der Waals surface area contributed by atoms with Crippen LogP contribution in [-0.2, 0) is 4.79 Å². The first-order chi connectivity index (χ1) is 8.50. The number of Topliss-reactive ketones (excluding diaryl/α,β-unsaturated/α-hetero) is 1. The second-order valence-corrected chi connectivity index (χ2v) is 4.81. The Kier molecular flexibility index (Phi) is 3.57. The van der Waals surface area contributed by atoms with Crippen molar-refractivity contribution in [1.82, 2.24) is 0 Å². The molecule has 0 bridgehead atoms. The summed E-state index contributed by atoms with van der Waals surface area (Å²) in [7, 11) is 0. The number of benzene rings is 1.